The summed E-state index contributed by atoms with van der Waals surface area (Å²) >= 11 is 0. The van der Waals surface area contributed by atoms with Crippen molar-refractivity contribution in [1.29, 1.82) is 0 Å². The van der Waals surface area contributed by atoms with Gasteiger partial charge >= 0.3 is 12.1 Å². The van der Waals surface area contributed by atoms with Gasteiger partial charge in [0.05, 0.1) is 17.5 Å². The molecule has 3 aromatic carbocycles. The van der Waals surface area contributed by atoms with Crippen molar-refractivity contribution in [2.24, 2.45) is 0 Å². The number of anilines is 3. The number of nitrogens with one attached hydrogen (secondary N) is 3. The Morgan fingerprint density at radius 3 is 2.42 bits per heavy atom. The summed E-state index contributed by atoms with van der Waals surface area (Å²) in [5.41, 5.74) is 3.38. The lowest BCUT2D eigenvalue weighted by Gasteiger charge is -2.35. The van der Waals surface area contributed by atoms with E-state index >= 15 is 0 Å². The number of para-hydroxylation sites is 1. The number of nitrogens with zero attached hydrogens (tertiary/aromatic N) is 3. The molecule has 16 heteroatoms. The number of aromatic nitrogens is 2. The van der Waals surface area contributed by atoms with Crippen LogP contribution in [-0.4, -0.2) is 53.7 Å². The highest BCUT2D eigenvalue weighted by molar-refractivity contribution is 7.89. The monoisotopic (exact) mass is 714 g/mol. The van der Waals surface area contributed by atoms with Crippen molar-refractivity contribution in [2.75, 3.05) is 17.2 Å². The van der Waals surface area contributed by atoms with Crippen LogP contribution < -0.4 is 20.7 Å². The summed E-state index contributed by atoms with van der Waals surface area (Å²) in [6.45, 7) is 1.33. The number of carbonyl (C=O) groups excluding carboxylic acids is 1. The van der Waals surface area contributed by atoms with E-state index < -0.39 is 28.2 Å². The Kier molecular flexibility index (Phi) is 10.5. The minimum atomic E-state index is -5.39. The average molecular weight is 715 g/mol. The van der Waals surface area contributed by atoms with Crippen LogP contribution in [0, 0.1) is 5.82 Å². The molecule has 1 aromatic heterocycles. The number of rotatable bonds is 12. The van der Waals surface area contributed by atoms with Gasteiger partial charge in [0.1, 0.15) is 17.4 Å². The van der Waals surface area contributed by atoms with Gasteiger partial charge in [-0.3, -0.25) is 0 Å². The number of alkyl halides is 3. The molecule has 1 fully saturated rings. The van der Waals surface area contributed by atoms with Crippen LogP contribution in [0.4, 0.5) is 35.0 Å². The molecule has 2 heterocycles. The quantitative estimate of drug-likeness (QED) is 0.118. The molecule has 0 radical (unpaired) electrons. The number of hydroxylamine groups is 1. The lowest BCUT2D eigenvalue weighted by Crippen LogP contribution is -2.47. The fourth-order valence-electron chi connectivity index (χ4n) is 5.88. The second-order valence-corrected chi connectivity index (χ2v) is 13.7. The van der Waals surface area contributed by atoms with Gasteiger partial charge in [-0.15, -0.1) is 0 Å². The van der Waals surface area contributed by atoms with Crippen LogP contribution in [0.25, 0.3) is 0 Å². The largest absolute Gasteiger partial charge is 0.493 e. The van der Waals surface area contributed by atoms with E-state index in [0.717, 1.165) is 23.3 Å². The van der Waals surface area contributed by atoms with E-state index in [-0.39, 0.29) is 46.6 Å². The van der Waals surface area contributed by atoms with E-state index in [1.165, 1.54) is 42.6 Å². The molecule has 3 N–H and O–H groups in total. The van der Waals surface area contributed by atoms with Crippen LogP contribution in [0.15, 0.2) is 83.9 Å². The molecule has 0 unspecified atom stereocenters. The summed E-state index contributed by atoms with van der Waals surface area (Å²) in [4.78, 5) is 24.7. The first-order chi connectivity index (χ1) is 24.0. The highest BCUT2D eigenvalue weighted by Crippen LogP contribution is 2.32. The van der Waals surface area contributed by atoms with Gasteiger partial charge in [0.15, 0.2) is 0 Å². The van der Waals surface area contributed by atoms with Crippen molar-refractivity contribution in [1.82, 2.24) is 19.8 Å². The summed E-state index contributed by atoms with van der Waals surface area (Å²) in [5.74, 6) is -1.42. The van der Waals surface area contributed by atoms with Crippen molar-refractivity contribution in [3.63, 3.8) is 0 Å². The second kappa shape index (κ2) is 15.0. The van der Waals surface area contributed by atoms with Crippen LogP contribution in [0.5, 0.6) is 5.75 Å². The van der Waals surface area contributed by atoms with Crippen LogP contribution in [0.2, 0.25) is 0 Å². The molecule has 0 bridgehead atoms. The lowest BCUT2D eigenvalue weighted by atomic mass is 9.91. The maximum atomic E-state index is 13.7. The van der Waals surface area contributed by atoms with Gasteiger partial charge in [-0.05, 0) is 83.7 Å². The normalized spacial score (nSPS) is 17.5. The van der Waals surface area contributed by atoms with Crippen molar-refractivity contribution in [2.45, 2.75) is 68.3 Å². The first-order valence-corrected chi connectivity index (χ1v) is 17.4. The average Bonchev–Trinajstić information content (AvgIpc) is 3.60. The molecule has 4 aromatic rings. The molecule has 1 aliphatic carbocycles. The maximum Gasteiger partial charge on any atom is 0.492 e. The Hall–Kier alpha value is -4.80. The summed E-state index contributed by atoms with van der Waals surface area (Å²) in [5, 5.41) is 9.49. The van der Waals surface area contributed by atoms with E-state index in [2.05, 4.69) is 30.8 Å². The van der Waals surface area contributed by atoms with Gasteiger partial charge in [0.25, 0.3) is 10.0 Å². The Bertz CT molecular complexity index is 1900. The zero-order valence-corrected chi connectivity index (χ0v) is 27.4. The Morgan fingerprint density at radius 1 is 0.960 bits per heavy atom. The molecule has 0 saturated heterocycles. The van der Waals surface area contributed by atoms with Gasteiger partial charge in [-0.2, -0.15) is 18.2 Å². The first-order valence-electron chi connectivity index (χ1n) is 15.9. The third-order valence-electron chi connectivity index (χ3n) is 8.46. The van der Waals surface area contributed by atoms with E-state index in [1.54, 1.807) is 18.2 Å². The van der Waals surface area contributed by atoms with Gasteiger partial charge in [-0.1, -0.05) is 30.3 Å². The molecule has 264 valence electrons. The predicted octanol–water partition coefficient (Wildman–Crippen LogP) is 6.02. The number of carbonyl (C=O) groups is 1. The van der Waals surface area contributed by atoms with Crippen LogP contribution in [-0.2, 0) is 39.2 Å². The van der Waals surface area contributed by atoms with E-state index in [0.29, 0.717) is 43.1 Å². The number of fused-ring (bicyclic) bond motifs is 1. The van der Waals surface area contributed by atoms with Gasteiger partial charge in [0, 0.05) is 43.0 Å². The highest BCUT2D eigenvalue weighted by atomic mass is 32.2. The zero-order valence-electron chi connectivity index (χ0n) is 26.6. The number of halogens is 4. The fraction of sp³-hybridized carbons (Fsp3) is 0.324. The van der Waals surface area contributed by atoms with Crippen molar-refractivity contribution >= 4 is 33.4 Å². The SMILES string of the molecule is O=C(ON(C1CCC(NCc2cccc3c2OCC3)CC1)S(=O)(=O)c1ccc(CNc2nccc(Nc3ccc(F)cc3)n2)cc1)C(F)(F)F. The minimum absolute atomic E-state index is 0.0264. The molecular weight excluding hydrogens is 680 g/mol. The molecule has 1 saturated carbocycles. The number of sulfonamides is 1. The number of hydrogen-bond acceptors (Lipinski definition) is 10. The highest BCUT2D eigenvalue weighted by Gasteiger charge is 2.47. The van der Waals surface area contributed by atoms with E-state index in [9.17, 15) is 30.8 Å². The van der Waals surface area contributed by atoms with Gasteiger partial charge in [-0.25, -0.2) is 22.6 Å². The van der Waals surface area contributed by atoms with E-state index in [1.807, 2.05) is 18.2 Å². The molecular formula is C34H34F4N6O5S. The Morgan fingerprint density at radius 2 is 1.70 bits per heavy atom. The molecule has 11 nitrogen and oxygen atoms in total. The summed E-state index contributed by atoms with van der Waals surface area (Å²) < 4.78 is 86.3. The molecule has 0 spiro atoms. The van der Waals surface area contributed by atoms with Crippen molar-refractivity contribution < 1.29 is 40.3 Å². The lowest BCUT2D eigenvalue weighted by molar-refractivity contribution is -0.228. The molecule has 6 rings (SSSR count). The summed E-state index contributed by atoms with van der Waals surface area (Å²) in [6, 6.07) is 17.7. The van der Waals surface area contributed by atoms with Gasteiger partial charge in [0.2, 0.25) is 5.95 Å². The molecule has 50 heavy (non-hydrogen) atoms. The molecule has 1 aliphatic heterocycles. The standard InChI is InChI=1S/C34H34F4N6O5S/c35-25-6-8-27(9-7-25)42-30-16-18-39-33(43-30)41-20-22-4-14-29(15-5-22)50(46,47)44(49-32(45)34(36,37)38)28-12-10-26(11-13-28)40-21-24-3-1-2-23-17-19-48-31(23)24/h1-9,14-16,18,26,28,40H,10-13,17,19-21H2,(H2,39,41,42,43). The molecule has 2 aliphatic rings. The molecule has 0 atom stereocenters. The first kappa shape index (κ1) is 35.0. The Balaban J connectivity index is 1.09. The third kappa shape index (κ3) is 8.49. The van der Waals surface area contributed by atoms with Crippen LogP contribution >= 0.6 is 0 Å². The second-order valence-electron chi connectivity index (χ2n) is 11.9. The van der Waals surface area contributed by atoms with E-state index in [4.69, 9.17) is 4.74 Å². The topological polar surface area (TPSA) is 135 Å². The fourth-order valence-corrected chi connectivity index (χ4v) is 7.34. The summed E-state index contributed by atoms with van der Waals surface area (Å²) in [7, 11) is -4.68. The number of hydrogen-bond donors (Lipinski definition) is 3. The number of ether oxygens (including phenoxy) is 1. The van der Waals surface area contributed by atoms with Crippen molar-refractivity contribution in [3.05, 3.63) is 102 Å². The summed E-state index contributed by atoms with van der Waals surface area (Å²) in [6.07, 6.45) is -1.80. The zero-order chi connectivity index (χ0) is 35.3. The molecule has 0 amide bonds. The minimum Gasteiger partial charge on any atom is -0.493 e. The van der Waals surface area contributed by atoms with Gasteiger partial charge < -0.3 is 25.5 Å². The number of benzene rings is 3. The Labute approximate surface area is 286 Å². The van der Waals surface area contributed by atoms with Crippen molar-refractivity contribution in [3.8, 4) is 5.75 Å². The van der Waals surface area contributed by atoms with Crippen LogP contribution in [0.3, 0.4) is 0 Å². The third-order valence-corrected chi connectivity index (χ3v) is 10.2. The van der Waals surface area contributed by atoms with Crippen LogP contribution in [0.1, 0.15) is 42.4 Å². The predicted molar refractivity (Wildman–Crippen MR) is 175 cm³/mol. The smallest absolute Gasteiger partial charge is 0.492 e. The maximum absolute atomic E-state index is 13.7.